The zero-order valence-corrected chi connectivity index (χ0v) is 16.0. The molecule has 0 unspecified atom stereocenters. The number of piperidine rings is 1. The van der Waals surface area contributed by atoms with Gasteiger partial charge in [0.05, 0.1) is 19.7 Å². The Bertz CT molecular complexity index is 779. The summed E-state index contributed by atoms with van der Waals surface area (Å²) in [6.07, 6.45) is 5.64. The average Bonchev–Trinajstić information content (AvgIpc) is 3.40. The van der Waals surface area contributed by atoms with Crippen molar-refractivity contribution in [1.82, 2.24) is 9.80 Å². The zero-order chi connectivity index (χ0) is 18.6. The van der Waals surface area contributed by atoms with Crippen molar-refractivity contribution in [2.75, 3.05) is 26.7 Å². The van der Waals surface area contributed by atoms with Crippen LogP contribution in [0.15, 0.2) is 40.8 Å². The summed E-state index contributed by atoms with van der Waals surface area (Å²) in [6.45, 7) is 3.80. The third-order valence-corrected chi connectivity index (χ3v) is 5.69. The molecule has 0 N–H and O–H groups in total. The van der Waals surface area contributed by atoms with Crippen LogP contribution in [0.25, 0.3) is 0 Å². The first-order valence-corrected chi connectivity index (χ1v) is 10.0. The molecule has 0 spiro atoms. The predicted octanol–water partition coefficient (Wildman–Crippen LogP) is 4.25. The standard InChI is InChI=1S/C22H28N2O3/c1-26-18-8-6-7-17(15-18)20-9-2-3-14-24(20)22(25)21-11-10-19(27-21)16-23-12-4-5-13-23/h6-8,10-11,15,20H,2-5,9,12-14,16H2,1H3/t20-/m1/s1. The molecule has 4 rings (SSSR count). The number of carbonyl (C=O) groups excluding carboxylic acids is 1. The minimum atomic E-state index is -0.00445. The lowest BCUT2D eigenvalue weighted by Gasteiger charge is -2.35. The number of amides is 1. The third kappa shape index (κ3) is 4.03. The lowest BCUT2D eigenvalue weighted by Crippen LogP contribution is -2.38. The molecule has 1 amide bonds. The molecule has 2 aliphatic heterocycles. The first kappa shape index (κ1) is 18.1. The molecule has 2 fully saturated rings. The van der Waals surface area contributed by atoms with Crippen LogP contribution in [0.2, 0.25) is 0 Å². The first-order chi connectivity index (χ1) is 13.2. The number of nitrogens with zero attached hydrogens (tertiary/aromatic N) is 2. The second-order valence-corrected chi connectivity index (χ2v) is 7.54. The molecule has 1 aromatic heterocycles. The van der Waals surface area contributed by atoms with E-state index in [9.17, 15) is 4.79 Å². The maximum absolute atomic E-state index is 13.2. The zero-order valence-electron chi connectivity index (χ0n) is 16.0. The number of rotatable bonds is 5. The van der Waals surface area contributed by atoms with E-state index in [0.29, 0.717) is 5.76 Å². The molecule has 5 heteroatoms. The molecule has 2 aromatic rings. The Labute approximate surface area is 160 Å². The lowest BCUT2D eigenvalue weighted by molar-refractivity contribution is 0.0575. The van der Waals surface area contributed by atoms with Gasteiger partial charge in [-0.15, -0.1) is 0 Å². The molecule has 3 heterocycles. The SMILES string of the molecule is COc1cccc([C@H]2CCCCN2C(=O)c2ccc(CN3CCCC3)o2)c1. The summed E-state index contributed by atoms with van der Waals surface area (Å²) in [5.41, 5.74) is 1.13. The van der Waals surface area contributed by atoms with Gasteiger partial charge < -0.3 is 14.1 Å². The number of benzene rings is 1. The summed E-state index contributed by atoms with van der Waals surface area (Å²) >= 11 is 0. The topological polar surface area (TPSA) is 45.9 Å². The number of hydrogen-bond donors (Lipinski definition) is 0. The van der Waals surface area contributed by atoms with Crippen molar-refractivity contribution >= 4 is 5.91 Å². The maximum Gasteiger partial charge on any atom is 0.290 e. The summed E-state index contributed by atoms with van der Waals surface area (Å²) in [4.78, 5) is 17.5. The third-order valence-electron chi connectivity index (χ3n) is 5.69. The highest BCUT2D eigenvalue weighted by atomic mass is 16.5. The molecule has 2 saturated heterocycles. The average molecular weight is 368 g/mol. The van der Waals surface area contributed by atoms with Crippen LogP contribution in [0.1, 0.15) is 60.0 Å². The maximum atomic E-state index is 13.2. The van der Waals surface area contributed by atoms with Crippen molar-refractivity contribution in [1.29, 1.82) is 0 Å². The van der Waals surface area contributed by atoms with Gasteiger partial charge in [-0.1, -0.05) is 12.1 Å². The van der Waals surface area contributed by atoms with E-state index in [0.717, 1.165) is 62.5 Å². The summed E-state index contributed by atoms with van der Waals surface area (Å²) in [6, 6.07) is 11.9. The number of methoxy groups -OCH3 is 1. The van der Waals surface area contributed by atoms with Gasteiger partial charge in [0.1, 0.15) is 11.5 Å². The Hall–Kier alpha value is -2.27. The molecule has 2 aliphatic rings. The lowest BCUT2D eigenvalue weighted by atomic mass is 9.95. The minimum absolute atomic E-state index is 0.00445. The normalized spacial score (nSPS) is 20.8. The van der Waals surface area contributed by atoms with Crippen LogP contribution in [-0.4, -0.2) is 42.5 Å². The molecular weight excluding hydrogens is 340 g/mol. The molecule has 0 bridgehead atoms. The fraction of sp³-hybridized carbons (Fsp3) is 0.500. The highest BCUT2D eigenvalue weighted by Gasteiger charge is 2.30. The van der Waals surface area contributed by atoms with Gasteiger partial charge in [-0.3, -0.25) is 9.69 Å². The molecule has 0 aliphatic carbocycles. The summed E-state index contributed by atoms with van der Waals surface area (Å²) in [5, 5.41) is 0. The monoisotopic (exact) mass is 368 g/mol. The molecule has 1 aromatic carbocycles. The summed E-state index contributed by atoms with van der Waals surface area (Å²) < 4.78 is 11.3. The van der Waals surface area contributed by atoms with Crippen molar-refractivity contribution in [3.05, 3.63) is 53.5 Å². The van der Waals surface area contributed by atoms with Gasteiger partial charge in [0, 0.05) is 6.54 Å². The fourth-order valence-corrected chi connectivity index (χ4v) is 4.25. The first-order valence-electron chi connectivity index (χ1n) is 10.0. The molecular formula is C22H28N2O3. The van der Waals surface area contributed by atoms with Crippen molar-refractivity contribution in [3.63, 3.8) is 0 Å². The predicted molar refractivity (Wildman–Crippen MR) is 104 cm³/mol. The van der Waals surface area contributed by atoms with Gasteiger partial charge in [-0.05, 0) is 75.0 Å². The van der Waals surface area contributed by atoms with E-state index >= 15 is 0 Å². The van der Waals surface area contributed by atoms with Crippen LogP contribution < -0.4 is 4.74 Å². The van der Waals surface area contributed by atoms with E-state index in [1.54, 1.807) is 7.11 Å². The Kier molecular flexibility index (Phi) is 5.48. The van der Waals surface area contributed by atoms with Gasteiger partial charge in [0.15, 0.2) is 5.76 Å². The van der Waals surface area contributed by atoms with Gasteiger partial charge in [0.25, 0.3) is 5.91 Å². The molecule has 1 atom stereocenters. The molecule has 0 radical (unpaired) electrons. The van der Waals surface area contributed by atoms with Crippen molar-refractivity contribution in [3.8, 4) is 5.75 Å². The van der Waals surface area contributed by atoms with E-state index < -0.39 is 0 Å². The fourth-order valence-electron chi connectivity index (χ4n) is 4.25. The van der Waals surface area contributed by atoms with Crippen LogP contribution in [0, 0.1) is 0 Å². The minimum Gasteiger partial charge on any atom is -0.497 e. The Morgan fingerprint density at radius 1 is 1.11 bits per heavy atom. The largest absolute Gasteiger partial charge is 0.497 e. The Morgan fingerprint density at radius 3 is 2.74 bits per heavy atom. The number of ether oxygens (including phenoxy) is 1. The molecule has 5 nitrogen and oxygen atoms in total. The molecule has 0 saturated carbocycles. The van der Waals surface area contributed by atoms with Crippen LogP contribution in [0.5, 0.6) is 5.75 Å². The van der Waals surface area contributed by atoms with E-state index in [2.05, 4.69) is 11.0 Å². The molecule has 27 heavy (non-hydrogen) atoms. The van der Waals surface area contributed by atoms with Crippen molar-refractivity contribution in [2.24, 2.45) is 0 Å². The Balaban J connectivity index is 1.51. The highest BCUT2D eigenvalue weighted by molar-refractivity contribution is 5.92. The van der Waals surface area contributed by atoms with Crippen LogP contribution in [0.4, 0.5) is 0 Å². The highest BCUT2D eigenvalue weighted by Crippen LogP contribution is 2.34. The van der Waals surface area contributed by atoms with E-state index in [-0.39, 0.29) is 11.9 Å². The van der Waals surface area contributed by atoms with E-state index in [1.807, 2.05) is 35.2 Å². The summed E-state index contributed by atoms with van der Waals surface area (Å²) in [5.74, 6) is 2.17. The number of likely N-dealkylation sites (tertiary alicyclic amines) is 2. The summed E-state index contributed by atoms with van der Waals surface area (Å²) in [7, 11) is 1.67. The van der Waals surface area contributed by atoms with Gasteiger partial charge in [-0.2, -0.15) is 0 Å². The Morgan fingerprint density at radius 2 is 1.93 bits per heavy atom. The van der Waals surface area contributed by atoms with Gasteiger partial charge in [0.2, 0.25) is 0 Å². The van der Waals surface area contributed by atoms with Crippen LogP contribution in [0.3, 0.4) is 0 Å². The van der Waals surface area contributed by atoms with Crippen molar-refractivity contribution in [2.45, 2.75) is 44.7 Å². The number of furan rings is 1. The van der Waals surface area contributed by atoms with E-state index in [4.69, 9.17) is 9.15 Å². The van der Waals surface area contributed by atoms with Gasteiger partial charge >= 0.3 is 0 Å². The van der Waals surface area contributed by atoms with Crippen LogP contribution >= 0.6 is 0 Å². The second-order valence-electron chi connectivity index (χ2n) is 7.54. The molecule has 144 valence electrons. The number of carbonyl (C=O) groups is 1. The van der Waals surface area contributed by atoms with E-state index in [1.165, 1.54) is 12.8 Å². The van der Waals surface area contributed by atoms with Crippen LogP contribution in [-0.2, 0) is 6.54 Å². The quantitative estimate of drug-likeness (QED) is 0.791. The second kappa shape index (κ2) is 8.17. The van der Waals surface area contributed by atoms with Gasteiger partial charge in [-0.25, -0.2) is 0 Å². The smallest absolute Gasteiger partial charge is 0.290 e. The number of hydrogen-bond acceptors (Lipinski definition) is 4. The van der Waals surface area contributed by atoms with Crippen molar-refractivity contribution < 1.29 is 13.9 Å².